The summed E-state index contributed by atoms with van der Waals surface area (Å²) >= 11 is 3.44. The first kappa shape index (κ1) is 10.8. The maximum atomic E-state index is 5.25. The van der Waals surface area contributed by atoms with Crippen LogP contribution in [0, 0.1) is 0 Å². The molecular formula is C11H15BrN2O. The molecule has 1 aliphatic rings. The average Bonchev–Trinajstić information content (AvgIpc) is 2.73. The van der Waals surface area contributed by atoms with Crippen LogP contribution in [0.2, 0.25) is 0 Å². The lowest BCUT2D eigenvalue weighted by Crippen LogP contribution is -2.21. The van der Waals surface area contributed by atoms with E-state index in [4.69, 9.17) is 4.74 Å². The van der Waals surface area contributed by atoms with Crippen LogP contribution in [0.4, 0.5) is 5.69 Å². The predicted molar refractivity (Wildman–Crippen MR) is 65.6 cm³/mol. The van der Waals surface area contributed by atoms with Crippen molar-refractivity contribution in [3.63, 3.8) is 0 Å². The molecule has 3 nitrogen and oxygen atoms in total. The minimum atomic E-state index is 0.538. The van der Waals surface area contributed by atoms with E-state index in [-0.39, 0.29) is 0 Å². The molecule has 4 heteroatoms. The minimum Gasteiger partial charge on any atom is -0.495 e. The first-order valence-corrected chi connectivity index (χ1v) is 5.89. The van der Waals surface area contributed by atoms with Gasteiger partial charge in [-0.05, 0) is 41.0 Å². The largest absolute Gasteiger partial charge is 0.495 e. The van der Waals surface area contributed by atoms with Gasteiger partial charge in [-0.1, -0.05) is 0 Å². The van der Waals surface area contributed by atoms with Gasteiger partial charge in [-0.3, -0.25) is 0 Å². The summed E-state index contributed by atoms with van der Waals surface area (Å²) in [5.41, 5.74) is 1.11. The number of halogens is 1. The topological polar surface area (TPSA) is 33.3 Å². The van der Waals surface area contributed by atoms with Crippen molar-refractivity contribution in [2.75, 3.05) is 25.5 Å². The molecule has 0 radical (unpaired) electrons. The Labute approximate surface area is 98.3 Å². The fourth-order valence-electron chi connectivity index (χ4n) is 1.76. The van der Waals surface area contributed by atoms with Gasteiger partial charge in [-0.15, -0.1) is 0 Å². The van der Waals surface area contributed by atoms with Crippen molar-refractivity contribution in [2.45, 2.75) is 12.5 Å². The Bertz CT molecular complexity index is 337. The second-order valence-corrected chi connectivity index (χ2v) is 4.54. The molecule has 1 atom stereocenters. The highest BCUT2D eigenvalue weighted by atomic mass is 79.9. The van der Waals surface area contributed by atoms with Crippen LogP contribution in [0.1, 0.15) is 6.42 Å². The van der Waals surface area contributed by atoms with E-state index >= 15 is 0 Å². The van der Waals surface area contributed by atoms with E-state index in [1.807, 2.05) is 12.1 Å². The second-order valence-electron chi connectivity index (χ2n) is 3.68. The number of nitrogens with one attached hydrogen (secondary N) is 2. The van der Waals surface area contributed by atoms with Crippen molar-refractivity contribution in [1.29, 1.82) is 0 Å². The van der Waals surface area contributed by atoms with Crippen LogP contribution in [0.25, 0.3) is 0 Å². The van der Waals surface area contributed by atoms with Crippen LogP contribution in [-0.4, -0.2) is 26.2 Å². The van der Waals surface area contributed by atoms with E-state index in [1.54, 1.807) is 7.11 Å². The fourth-order valence-corrected chi connectivity index (χ4v) is 2.17. The van der Waals surface area contributed by atoms with Gasteiger partial charge in [0.2, 0.25) is 0 Å². The van der Waals surface area contributed by atoms with Crippen molar-refractivity contribution < 1.29 is 4.74 Å². The Balaban J connectivity index is 2.07. The molecule has 0 aliphatic carbocycles. The Morgan fingerprint density at radius 2 is 2.40 bits per heavy atom. The maximum Gasteiger partial charge on any atom is 0.135 e. The third-order valence-corrected chi connectivity index (χ3v) is 3.24. The Morgan fingerprint density at radius 1 is 1.53 bits per heavy atom. The molecule has 0 amide bonds. The lowest BCUT2D eigenvalue weighted by atomic mass is 10.2. The van der Waals surface area contributed by atoms with E-state index in [0.717, 1.165) is 29.0 Å². The van der Waals surface area contributed by atoms with Gasteiger partial charge in [0, 0.05) is 24.3 Å². The number of hydrogen-bond acceptors (Lipinski definition) is 3. The number of benzene rings is 1. The molecular weight excluding hydrogens is 256 g/mol. The lowest BCUT2D eigenvalue weighted by Gasteiger charge is -2.14. The number of rotatable bonds is 3. The smallest absolute Gasteiger partial charge is 0.135 e. The summed E-state index contributed by atoms with van der Waals surface area (Å²) in [6, 6.07) is 6.62. The number of ether oxygens (including phenoxy) is 1. The van der Waals surface area contributed by atoms with E-state index in [1.165, 1.54) is 6.42 Å². The minimum absolute atomic E-state index is 0.538. The van der Waals surface area contributed by atoms with Crippen LogP contribution in [0.5, 0.6) is 5.75 Å². The molecule has 2 rings (SSSR count). The molecule has 82 valence electrons. The molecule has 1 saturated heterocycles. The van der Waals surface area contributed by atoms with Gasteiger partial charge in [0.25, 0.3) is 0 Å². The van der Waals surface area contributed by atoms with Crippen LogP contribution in [0.15, 0.2) is 22.7 Å². The van der Waals surface area contributed by atoms with Crippen molar-refractivity contribution in [3.05, 3.63) is 22.7 Å². The van der Waals surface area contributed by atoms with Gasteiger partial charge < -0.3 is 15.4 Å². The van der Waals surface area contributed by atoms with Gasteiger partial charge in [-0.25, -0.2) is 0 Å². The summed E-state index contributed by atoms with van der Waals surface area (Å²) in [5, 5.41) is 6.81. The highest BCUT2D eigenvalue weighted by molar-refractivity contribution is 9.10. The van der Waals surface area contributed by atoms with Crippen molar-refractivity contribution in [2.24, 2.45) is 0 Å². The van der Waals surface area contributed by atoms with E-state index < -0.39 is 0 Å². The van der Waals surface area contributed by atoms with Crippen molar-refractivity contribution >= 4 is 21.6 Å². The molecule has 1 aromatic rings. The van der Waals surface area contributed by atoms with E-state index in [9.17, 15) is 0 Å². The maximum absolute atomic E-state index is 5.25. The third-order valence-electron chi connectivity index (χ3n) is 2.58. The first-order chi connectivity index (χ1) is 7.29. The predicted octanol–water partition coefficient (Wildman–Crippen LogP) is 2.23. The molecule has 1 heterocycles. The Morgan fingerprint density at radius 3 is 3.07 bits per heavy atom. The van der Waals surface area contributed by atoms with Gasteiger partial charge in [0.15, 0.2) is 0 Å². The summed E-state index contributed by atoms with van der Waals surface area (Å²) in [6.45, 7) is 2.14. The molecule has 0 spiro atoms. The summed E-state index contributed by atoms with van der Waals surface area (Å²) < 4.78 is 6.23. The van der Waals surface area contributed by atoms with Crippen molar-refractivity contribution in [3.8, 4) is 5.75 Å². The van der Waals surface area contributed by atoms with Crippen molar-refractivity contribution in [1.82, 2.24) is 5.32 Å². The zero-order valence-corrected chi connectivity index (χ0v) is 10.3. The zero-order chi connectivity index (χ0) is 10.7. The highest BCUT2D eigenvalue weighted by Gasteiger charge is 2.14. The molecule has 1 aromatic carbocycles. The van der Waals surface area contributed by atoms with Gasteiger partial charge in [0.1, 0.15) is 5.75 Å². The third kappa shape index (κ3) is 2.63. The van der Waals surface area contributed by atoms with E-state index in [0.29, 0.717) is 6.04 Å². The molecule has 0 bridgehead atoms. The van der Waals surface area contributed by atoms with Crippen LogP contribution >= 0.6 is 15.9 Å². The number of hydrogen-bond donors (Lipinski definition) is 2. The molecule has 0 aromatic heterocycles. The Hall–Kier alpha value is -0.740. The van der Waals surface area contributed by atoms with Gasteiger partial charge in [-0.2, -0.15) is 0 Å². The number of anilines is 1. The average molecular weight is 271 g/mol. The van der Waals surface area contributed by atoms with E-state index in [2.05, 4.69) is 32.6 Å². The standard InChI is InChI=1S/C11H15BrN2O/c1-15-11-6-8(2-3-10(11)12)14-9-4-5-13-7-9/h2-3,6,9,13-14H,4-5,7H2,1H3. The molecule has 15 heavy (non-hydrogen) atoms. The SMILES string of the molecule is COc1cc(NC2CCNC2)ccc1Br. The normalized spacial score (nSPS) is 20.3. The molecule has 0 saturated carbocycles. The molecule has 1 fully saturated rings. The van der Waals surface area contributed by atoms with Crippen LogP contribution in [-0.2, 0) is 0 Å². The summed E-state index contributed by atoms with van der Waals surface area (Å²) in [6.07, 6.45) is 1.18. The first-order valence-electron chi connectivity index (χ1n) is 5.10. The highest BCUT2D eigenvalue weighted by Crippen LogP contribution is 2.28. The summed E-state index contributed by atoms with van der Waals surface area (Å²) in [4.78, 5) is 0. The second kappa shape index (κ2) is 4.86. The number of methoxy groups -OCH3 is 1. The summed E-state index contributed by atoms with van der Waals surface area (Å²) in [7, 11) is 1.68. The van der Waals surface area contributed by atoms with Crippen LogP contribution < -0.4 is 15.4 Å². The van der Waals surface area contributed by atoms with Gasteiger partial charge >= 0.3 is 0 Å². The lowest BCUT2D eigenvalue weighted by molar-refractivity contribution is 0.412. The fraction of sp³-hybridized carbons (Fsp3) is 0.455. The summed E-state index contributed by atoms with van der Waals surface area (Å²) in [5.74, 6) is 0.867. The molecule has 1 aliphatic heterocycles. The van der Waals surface area contributed by atoms with Crippen LogP contribution in [0.3, 0.4) is 0 Å². The monoisotopic (exact) mass is 270 g/mol. The quantitative estimate of drug-likeness (QED) is 0.884. The van der Waals surface area contributed by atoms with Gasteiger partial charge in [0.05, 0.1) is 11.6 Å². The Kier molecular flexibility index (Phi) is 3.49. The molecule has 1 unspecified atom stereocenters. The zero-order valence-electron chi connectivity index (χ0n) is 8.72. The molecule has 2 N–H and O–H groups in total.